The van der Waals surface area contributed by atoms with Crippen molar-refractivity contribution in [2.75, 3.05) is 13.2 Å². The molecule has 5 rings (SSSR count). The molecule has 0 unspecified atom stereocenters. The van der Waals surface area contributed by atoms with Crippen LogP contribution in [0.3, 0.4) is 0 Å². The van der Waals surface area contributed by atoms with Gasteiger partial charge in [0.2, 0.25) is 0 Å². The Morgan fingerprint density at radius 1 is 0.939 bits per heavy atom. The normalized spacial score (nSPS) is 12.2. The lowest BCUT2D eigenvalue weighted by atomic mass is 9.98. The third-order valence-electron chi connectivity index (χ3n) is 4.98. The Balaban J connectivity index is 1.32. The number of ether oxygens (including phenoxy) is 3. The molecule has 1 aliphatic heterocycles. The Kier molecular flexibility index (Phi) is 5.82. The van der Waals surface area contributed by atoms with Gasteiger partial charge in [0.1, 0.15) is 24.8 Å². The fourth-order valence-electron chi connectivity index (χ4n) is 3.40. The lowest BCUT2D eigenvalue weighted by Crippen LogP contribution is -2.16. The maximum absolute atomic E-state index is 13.2. The van der Waals surface area contributed by atoms with Crippen LogP contribution in [0.4, 0.5) is 0 Å². The van der Waals surface area contributed by atoms with Crippen molar-refractivity contribution in [3.05, 3.63) is 94.6 Å². The molecule has 1 aliphatic rings. The Labute approximate surface area is 193 Å². The first-order chi connectivity index (χ1) is 16.2. The standard InChI is InChI=1S/C25H18N2O5S/c28-23(16-8-9-21-22(13-16)31-12-11-30-21)18-5-1-2-6-19(18)25(29)32-14-17-15-33-24(27-17)20-7-3-4-10-26-20/h1-10,13,15H,11-12,14H2. The fraction of sp³-hybridized carbons (Fsp3) is 0.120. The zero-order valence-corrected chi connectivity index (χ0v) is 18.2. The van der Waals surface area contributed by atoms with Crippen molar-refractivity contribution in [3.8, 4) is 22.2 Å². The van der Waals surface area contributed by atoms with Crippen molar-refractivity contribution < 1.29 is 23.8 Å². The molecule has 7 nitrogen and oxygen atoms in total. The summed E-state index contributed by atoms with van der Waals surface area (Å²) in [6.45, 7) is 0.887. The second kappa shape index (κ2) is 9.22. The van der Waals surface area contributed by atoms with Gasteiger partial charge in [-0.2, -0.15) is 0 Å². The average molecular weight is 458 g/mol. The molecule has 8 heteroatoms. The van der Waals surface area contributed by atoms with E-state index >= 15 is 0 Å². The monoisotopic (exact) mass is 458 g/mol. The predicted octanol–water partition coefficient (Wildman–Crippen LogP) is 4.56. The number of rotatable bonds is 6. The van der Waals surface area contributed by atoms with Crippen LogP contribution in [-0.2, 0) is 11.3 Å². The molecule has 0 bridgehead atoms. The number of hydrogen-bond acceptors (Lipinski definition) is 8. The number of carbonyl (C=O) groups excluding carboxylic acids is 2. The molecule has 2 aromatic carbocycles. The van der Waals surface area contributed by atoms with Crippen LogP contribution in [0.1, 0.15) is 32.0 Å². The highest BCUT2D eigenvalue weighted by atomic mass is 32.1. The summed E-state index contributed by atoms with van der Waals surface area (Å²) in [7, 11) is 0. The highest BCUT2D eigenvalue weighted by Gasteiger charge is 2.21. The Bertz CT molecular complexity index is 1320. The van der Waals surface area contributed by atoms with Crippen LogP contribution in [0, 0.1) is 0 Å². The Hall–Kier alpha value is -4.04. The minimum atomic E-state index is -0.594. The minimum absolute atomic E-state index is 0.00524. The van der Waals surface area contributed by atoms with Crippen LogP contribution in [-0.4, -0.2) is 34.9 Å². The third-order valence-corrected chi connectivity index (χ3v) is 5.90. The molecule has 0 aliphatic carbocycles. The van der Waals surface area contributed by atoms with Gasteiger partial charge in [-0.3, -0.25) is 9.78 Å². The van der Waals surface area contributed by atoms with Crippen molar-refractivity contribution in [1.82, 2.24) is 9.97 Å². The molecule has 0 atom stereocenters. The number of pyridine rings is 1. The maximum Gasteiger partial charge on any atom is 0.339 e. The van der Waals surface area contributed by atoms with Crippen molar-refractivity contribution in [3.63, 3.8) is 0 Å². The van der Waals surface area contributed by atoms with Gasteiger partial charge in [-0.25, -0.2) is 9.78 Å². The minimum Gasteiger partial charge on any atom is -0.486 e. The molecule has 0 N–H and O–H groups in total. The van der Waals surface area contributed by atoms with E-state index in [0.717, 1.165) is 10.7 Å². The summed E-state index contributed by atoms with van der Waals surface area (Å²) in [5.41, 5.74) is 2.23. The lowest BCUT2D eigenvalue weighted by molar-refractivity contribution is 0.0466. The molecule has 0 saturated carbocycles. The number of ketones is 1. The molecule has 0 radical (unpaired) electrons. The van der Waals surface area contributed by atoms with E-state index in [-0.39, 0.29) is 23.5 Å². The summed E-state index contributed by atoms with van der Waals surface area (Å²) in [5.74, 6) is 0.215. The van der Waals surface area contributed by atoms with Gasteiger partial charge < -0.3 is 14.2 Å². The number of thiazole rings is 1. The molecule has 2 aromatic heterocycles. The van der Waals surface area contributed by atoms with E-state index in [9.17, 15) is 9.59 Å². The number of aromatic nitrogens is 2. The number of nitrogens with zero attached hydrogens (tertiary/aromatic N) is 2. The maximum atomic E-state index is 13.2. The van der Waals surface area contributed by atoms with Gasteiger partial charge in [-0.15, -0.1) is 11.3 Å². The van der Waals surface area contributed by atoms with Crippen LogP contribution in [0.2, 0.25) is 0 Å². The molecule has 0 fully saturated rings. The van der Waals surface area contributed by atoms with Gasteiger partial charge in [-0.1, -0.05) is 24.3 Å². The number of fused-ring (bicyclic) bond motifs is 1. The number of esters is 1. The SMILES string of the molecule is O=C(OCc1csc(-c2ccccn2)n1)c1ccccc1C(=O)c1ccc2c(c1)OCCO2. The van der Waals surface area contributed by atoms with Crippen LogP contribution < -0.4 is 9.47 Å². The molecular weight excluding hydrogens is 440 g/mol. The highest BCUT2D eigenvalue weighted by Crippen LogP contribution is 2.32. The van der Waals surface area contributed by atoms with Crippen LogP contribution >= 0.6 is 11.3 Å². The van der Waals surface area contributed by atoms with E-state index in [1.165, 1.54) is 11.3 Å². The third kappa shape index (κ3) is 4.47. The van der Waals surface area contributed by atoms with Gasteiger partial charge >= 0.3 is 5.97 Å². The first-order valence-electron chi connectivity index (χ1n) is 10.3. The Morgan fingerprint density at radius 3 is 2.55 bits per heavy atom. The molecule has 0 spiro atoms. The number of benzene rings is 2. The van der Waals surface area contributed by atoms with Gasteiger partial charge in [-0.05, 0) is 36.4 Å². The molecule has 0 amide bonds. The summed E-state index contributed by atoms with van der Waals surface area (Å²) in [6, 6.07) is 17.2. The summed E-state index contributed by atoms with van der Waals surface area (Å²) < 4.78 is 16.5. The van der Waals surface area contributed by atoms with Gasteiger partial charge in [0, 0.05) is 22.7 Å². The zero-order valence-electron chi connectivity index (χ0n) is 17.4. The zero-order chi connectivity index (χ0) is 22.6. The molecule has 4 aromatic rings. The van der Waals surface area contributed by atoms with Crippen LogP contribution in [0.25, 0.3) is 10.7 Å². The first kappa shape index (κ1) is 20.8. The summed E-state index contributed by atoms with van der Waals surface area (Å²) in [6.07, 6.45) is 1.70. The second-order valence-corrected chi connectivity index (χ2v) is 8.03. The van der Waals surface area contributed by atoms with Crippen LogP contribution in [0.15, 0.2) is 72.2 Å². The molecular formula is C25H18N2O5S. The predicted molar refractivity (Wildman–Crippen MR) is 122 cm³/mol. The van der Waals surface area contributed by atoms with Crippen molar-refractivity contribution in [2.24, 2.45) is 0 Å². The van der Waals surface area contributed by atoms with Crippen molar-refractivity contribution >= 4 is 23.1 Å². The van der Waals surface area contributed by atoms with Gasteiger partial charge in [0.15, 0.2) is 17.3 Å². The first-order valence-corrected chi connectivity index (χ1v) is 11.1. The highest BCUT2D eigenvalue weighted by molar-refractivity contribution is 7.13. The van der Waals surface area contributed by atoms with E-state index in [2.05, 4.69) is 9.97 Å². The largest absolute Gasteiger partial charge is 0.486 e. The topological polar surface area (TPSA) is 87.6 Å². The smallest absolute Gasteiger partial charge is 0.339 e. The van der Waals surface area contributed by atoms with E-state index in [0.29, 0.717) is 36.0 Å². The van der Waals surface area contributed by atoms with E-state index in [1.807, 2.05) is 23.6 Å². The number of carbonyl (C=O) groups is 2. The lowest BCUT2D eigenvalue weighted by Gasteiger charge is -2.18. The number of hydrogen-bond donors (Lipinski definition) is 0. The fourth-order valence-corrected chi connectivity index (χ4v) is 4.18. The van der Waals surface area contributed by atoms with E-state index in [4.69, 9.17) is 14.2 Å². The average Bonchev–Trinajstić information content (AvgIpc) is 3.36. The summed E-state index contributed by atoms with van der Waals surface area (Å²) >= 11 is 1.43. The molecule has 0 saturated heterocycles. The van der Waals surface area contributed by atoms with Gasteiger partial charge in [0.05, 0.1) is 17.0 Å². The quantitative estimate of drug-likeness (QED) is 0.309. The Morgan fingerprint density at radius 2 is 1.73 bits per heavy atom. The van der Waals surface area contributed by atoms with Crippen LogP contribution in [0.5, 0.6) is 11.5 Å². The van der Waals surface area contributed by atoms with Gasteiger partial charge in [0.25, 0.3) is 0 Å². The summed E-state index contributed by atoms with van der Waals surface area (Å²) in [4.78, 5) is 34.8. The van der Waals surface area contributed by atoms with Crippen molar-refractivity contribution in [2.45, 2.75) is 6.61 Å². The molecule has 33 heavy (non-hydrogen) atoms. The second-order valence-electron chi connectivity index (χ2n) is 7.17. The van der Waals surface area contributed by atoms with E-state index in [1.54, 1.807) is 48.7 Å². The summed E-state index contributed by atoms with van der Waals surface area (Å²) in [5, 5.41) is 2.57. The molecule has 164 valence electrons. The molecule has 3 heterocycles. The van der Waals surface area contributed by atoms with Crippen molar-refractivity contribution in [1.29, 1.82) is 0 Å². The van der Waals surface area contributed by atoms with E-state index < -0.39 is 5.97 Å².